The first-order chi connectivity index (χ1) is 30.2. The van der Waals surface area contributed by atoms with Crippen LogP contribution in [0.2, 0.25) is 10.0 Å². The lowest BCUT2D eigenvalue weighted by molar-refractivity contribution is -0.138. The van der Waals surface area contributed by atoms with Crippen LogP contribution in [0.5, 0.6) is 11.9 Å². The number of amides is 3. The van der Waals surface area contributed by atoms with E-state index in [-0.39, 0.29) is 60.6 Å². The summed E-state index contributed by atoms with van der Waals surface area (Å²) in [5.41, 5.74) is 1.50. The summed E-state index contributed by atoms with van der Waals surface area (Å²) in [4.78, 5) is 75.4. The van der Waals surface area contributed by atoms with E-state index in [9.17, 15) is 29.1 Å². The van der Waals surface area contributed by atoms with Crippen molar-refractivity contribution in [1.82, 2.24) is 39.3 Å². The molecule has 3 amide bonds. The number of ether oxygens (including phenoxy) is 4. The number of aliphatic carboxylic acids is 1. The second-order valence-electron chi connectivity index (χ2n) is 17.0. The number of nitrogens with one attached hydrogen (secondary N) is 1. The van der Waals surface area contributed by atoms with Gasteiger partial charge in [-0.05, 0) is 72.2 Å². The average molecular weight is 922 g/mol. The molecule has 1 aliphatic heterocycles. The number of rotatable bonds is 14. The molecule has 2 N–H and O–H groups in total. The van der Waals surface area contributed by atoms with Gasteiger partial charge in [-0.1, -0.05) is 41.4 Å². The molecule has 0 radical (unpaired) electrons. The summed E-state index contributed by atoms with van der Waals surface area (Å²) in [6.45, 7) is 9.67. The third-order valence-corrected chi connectivity index (χ3v) is 10.6. The minimum Gasteiger partial charge on any atom is -0.481 e. The van der Waals surface area contributed by atoms with Crippen molar-refractivity contribution in [2.24, 2.45) is 0 Å². The number of carbonyl (C=O) groups is 4. The minimum absolute atomic E-state index is 0.0651. The lowest BCUT2D eigenvalue weighted by atomic mass is 10.00. The zero-order valence-electron chi connectivity index (χ0n) is 36.7. The fourth-order valence-corrected chi connectivity index (χ4v) is 7.66. The largest absolute Gasteiger partial charge is 0.481 e. The molecule has 0 spiro atoms. The Morgan fingerprint density at radius 3 is 2.20 bits per heavy atom. The van der Waals surface area contributed by atoms with Crippen molar-refractivity contribution < 1.29 is 43.2 Å². The maximum absolute atomic E-state index is 13.9. The van der Waals surface area contributed by atoms with Crippen LogP contribution in [0.3, 0.4) is 0 Å². The second-order valence-corrected chi connectivity index (χ2v) is 17.8. The summed E-state index contributed by atoms with van der Waals surface area (Å²) in [6, 6.07) is 12.0. The van der Waals surface area contributed by atoms with Crippen molar-refractivity contribution in [3.8, 4) is 45.5 Å². The normalized spacial score (nSPS) is 14.0. The predicted octanol–water partition coefficient (Wildman–Crippen LogP) is 6.95. The summed E-state index contributed by atoms with van der Waals surface area (Å²) in [5.74, 6) is -1.06. The Bertz CT molecular complexity index is 2650. The molecule has 1 fully saturated rings. The van der Waals surface area contributed by atoms with Gasteiger partial charge in [-0.15, -0.1) is 5.10 Å². The predicted molar refractivity (Wildman–Crippen MR) is 238 cm³/mol. The van der Waals surface area contributed by atoms with Gasteiger partial charge in [-0.3, -0.25) is 28.8 Å². The molecule has 1 saturated heterocycles. The molecule has 1 aliphatic rings. The van der Waals surface area contributed by atoms with Crippen molar-refractivity contribution >= 4 is 52.8 Å². The molecule has 5 heterocycles. The highest BCUT2D eigenvalue weighted by Crippen LogP contribution is 2.42. The van der Waals surface area contributed by atoms with E-state index in [4.69, 9.17) is 47.1 Å². The molecule has 0 bridgehead atoms. The van der Waals surface area contributed by atoms with E-state index in [0.717, 1.165) is 4.90 Å². The average Bonchev–Trinajstić information content (AvgIpc) is 3.84. The van der Waals surface area contributed by atoms with Gasteiger partial charge in [0, 0.05) is 72.3 Å². The fraction of sp³-hybridized carbons (Fsp3) is 0.409. The Labute approximate surface area is 379 Å². The lowest BCUT2D eigenvalue weighted by Gasteiger charge is -2.29. The number of pyridine rings is 2. The van der Waals surface area contributed by atoms with Gasteiger partial charge in [0.2, 0.25) is 11.8 Å². The van der Waals surface area contributed by atoms with Crippen molar-refractivity contribution in [2.75, 3.05) is 33.9 Å². The molecule has 5 aromatic rings. The van der Waals surface area contributed by atoms with Crippen LogP contribution < -0.4 is 20.3 Å². The van der Waals surface area contributed by atoms with Crippen LogP contribution in [-0.4, -0.2) is 114 Å². The highest BCUT2D eigenvalue weighted by molar-refractivity contribution is 6.39. The Hall–Kier alpha value is -6.40. The van der Waals surface area contributed by atoms with E-state index >= 15 is 0 Å². The standard InChI is InChI=1S/C44H50Cl2N8O10/c1-43(2,3)63-41(59)51(24-34(56)57)18-19-53-39(58)32-20-26(22-54(32)50-40(53)62-8)37-36(46)29(16-17-47-37)28-10-9-11-30(35(28)45)31-14-12-25(38(49-31)61-7)21-52(42(60)64-44(4,5)6)23-27-13-15-33(55)48-27/h9-12,14,16-17,20,22,27H,13,15,18-19,21,23-24H2,1-8H3,(H,48,55)(H,56,57)/t27-/m0/s1. The number of nitrogens with zero attached hydrogens (tertiary/aromatic N) is 7. The smallest absolute Gasteiger partial charge is 0.410 e. The molecule has 18 nitrogen and oxygen atoms in total. The number of carboxylic acid groups (broad SMARTS) is 1. The number of carbonyl (C=O) groups excluding carboxylic acids is 3. The van der Waals surface area contributed by atoms with Crippen molar-refractivity contribution in [3.63, 3.8) is 0 Å². The number of aromatic nitrogens is 5. The Morgan fingerprint density at radius 1 is 0.906 bits per heavy atom. The van der Waals surface area contributed by atoms with E-state index in [1.165, 1.54) is 28.2 Å². The van der Waals surface area contributed by atoms with E-state index in [0.29, 0.717) is 57.1 Å². The van der Waals surface area contributed by atoms with Crippen molar-refractivity contribution in [1.29, 1.82) is 0 Å². The number of carboxylic acids is 1. The number of benzene rings is 1. The van der Waals surface area contributed by atoms with E-state index in [1.807, 2.05) is 0 Å². The Kier molecular flexibility index (Phi) is 14.1. The van der Waals surface area contributed by atoms with E-state index in [2.05, 4.69) is 15.4 Å². The zero-order valence-corrected chi connectivity index (χ0v) is 38.2. The SMILES string of the molecule is COc1nc(-c2cccc(-c3ccnc(-c4cc5c(=O)n(CCN(CC(=O)O)C(=O)OC(C)(C)C)c(OC)nn5c4)c3Cl)c2Cl)ccc1CN(C[C@@H]1CCC(=O)N1)C(=O)OC(C)(C)C. The van der Waals surface area contributed by atoms with Crippen LogP contribution in [-0.2, 0) is 32.2 Å². The van der Waals surface area contributed by atoms with Crippen LogP contribution in [0.1, 0.15) is 59.9 Å². The van der Waals surface area contributed by atoms with Gasteiger partial charge in [0.1, 0.15) is 23.3 Å². The monoisotopic (exact) mass is 920 g/mol. The first-order valence-corrected chi connectivity index (χ1v) is 21.0. The van der Waals surface area contributed by atoms with Crippen molar-refractivity contribution in [3.05, 3.63) is 80.8 Å². The molecule has 6 rings (SSSR count). The van der Waals surface area contributed by atoms with Gasteiger partial charge in [-0.25, -0.2) is 19.1 Å². The number of halogens is 2. The zero-order chi connectivity index (χ0) is 46.7. The fourth-order valence-electron chi connectivity index (χ4n) is 7.01. The minimum atomic E-state index is -1.25. The maximum atomic E-state index is 13.9. The van der Waals surface area contributed by atoms with Gasteiger partial charge in [0.25, 0.3) is 5.56 Å². The number of fused-ring (bicyclic) bond motifs is 1. The first-order valence-electron chi connectivity index (χ1n) is 20.3. The third kappa shape index (κ3) is 11.0. The molecule has 20 heteroatoms. The molecular weight excluding hydrogens is 871 g/mol. The van der Waals surface area contributed by atoms with Crippen LogP contribution in [0.15, 0.2) is 59.7 Å². The second kappa shape index (κ2) is 19.1. The highest BCUT2D eigenvalue weighted by atomic mass is 35.5. The Balaban J connectivity index is 1.29. The van der Waals surface area contributed by atoms with Crippen LogP contribution in [0, 0.1) is 0 Å². The first kappa shape index (κ1) is 47.1. The molecule has 4 aromatic heterocycles. The molecule has 0 saturated carbocycles. The van der Waals surface area contributed by atoms with E-state index < -0.39 is 41.5 Å². The number of methoxy groups -OCH3 is 2. The van der Waals surface area contributed by atoms with Crippen LogP contribution >= 0.6 is 23.2 Å². The summed E-state index contributed by atoms with van der Waals surface area (Å²) >= 11 is 14.2. The van der Waals surface area contributed by atoms with Gasteiger partial charge < -0.3 is 34.3 Å². The summed E-state index contributed by atoms with van der Waals surface area (Å²) < 4.78 is 24.7. The number of hydrogen-bond acceptors (Lipinski definition) is 12. The molecule has 1 aromatic carbocycles. The summed E-state index contributed by atoms with van der Waals surface area (Å²) in [5, 5.41) is 17.4. The summed E-state index contributed by atoms with van der Waals surface area (Å²) in [7, 11) is 2.81. The number of hydrogen-bond donors (Lipinski definition) is 2. The molecule has 1 atom stereocenters. The van der Waals surface area contributed by atoms with Gasteiger partial charge in [0.15, 0.2) is 0 Å². The highest BCUT2D eigenvalue weighted by Gasteiger charge is 2.30. The topological polar surface area (TPSA) is 209 Å². The molecule has 0 aliphatic carbocycles. The van der Waals surface area contributed by atoms with Gasteiger partial charge in [-0.2, -0.15) is 0 Å². The summed E-state index contributed by atoms with van der Waals surface area (Å²) in [6.07, 6.45) is 2.72. The molecule has 0 unspecified atom stereocenters. The van der Waals surface area contributed by atoms with Crippen LogP contribution in [0.25, 0.3) is 39.2 Å². The third-order valence-electron chi connectivity index (χ3n) is 9.84. The van der Waals surface area contributed by atoms with Crippen molar-refractivity contribution in [2.45, 2.75) is 84.7 Å². The van der Waals surface area contributed by atoms with Gasteiger partial charge in [0.05, 0.1) is 42.2 Å². The molecule has 64 heavy (non-hydrogen) atoms. The maximum Gasteiger partial charge on any atom is 0.410 e. The quantitative estimate of drug-likeness (QED) is 0.116. The Morgan fingerprint density at radius 2 is 1.58 bits per heavy atom. The lowest BCUT2D eigenvalue weighted by Crippen LogP contribution is -2.43. The van der Waals surface area contributed by atoms with Crippen LogP contribution in [0.4, 0.5) is 9.59 Å². The molecular formula is C44H50Cl2N8O10. The molecule has 340 valence electrons. The van der Waals surface area contributed by atoms with Gasteiger partial charge >= 0.3 is 24.2 Å². The van der Waals surface area contributed by atoms with E-state index in [1.54, 1.807) is 96.4 Å².